The summed E-state index contributed by atoms with van der Waals surface area (Å²) in [6, 6.07) is 3.57. The highest BCUT2D eigenvalue weighted by Gasteiger charge is 2.31. The minimum absolute atomic E-state index is 0.115. The maximum absolute atomic E-state index is 12.5. The van der Waals surface area contributed by atoms with Crippen molar-refractivity contribution in [2.45, 2.75) is 32.9 Å². The van der Waals surface area contributed by atoms with Gasteiger partial charge in [-0.15, -0.1) is 0 Å². The lowest BCUT2D eigenvalue weighted by Gasteiger charge is -2.30. The molecule has 0 saturated carbocycles. The summed E-state index contributed by atoms with van der Waals surface area (Å²) >= 11 is 0. The number of benzene rings is 1. The number of primary amides is 1. The summed E-state index contributed by atoms with van der Waals surface area (Å²) < 4.78 is 0. The first-order valence-electron chi connectivity index (χ1n) is 6.79. The number of anilines is 1. The summed E-state index contributed by atoms with van der Waals surface area (Å²) in [5.41, 5.74) is 11.4. The Kier molecular flexibility index (Phi) is 5.58. The number of non-ortho nitro benzene ring substituents is 1. The Hall–Kier alpha value is -2.48. The van der Waals surface area contributed by atoms with Crippen molar-refractivity contribution in [3.05, 3.63) is 34.4 Å². The first kappa shape index (κ1) is 17.6. The van der Waals surface area contributed by atoms with Crippen molar-refractivity contribution in [2.75, 3.05) is 4.90 Å². The van der Waals surface area contributed by atoms with Crippen LogP contribution in [0.3, 0.4) is 0 Å². The van der Waals surface area contributed by atoms with E-state index in [4.69, 9.17) is 11.5 Å². The molecule has 0 unspecified atom stereocenters. The van der Waals surface area contributed by atoms with Crippen LogP contribution in [0, 0.1) is 16.0 Å². The van der Waals surface area contributed by atoms with E-state index in [-0.39, 0.29) is 11.6 Å². The fourth-order valence-electron chi connectivity index (χ4n) is 1.85. The second-order valence-corrected chi connectivity index (χ2v) is 5.33. The predicted molar refractivity (Wildman–Crippen MR) is 82.1 cm³/mol. The fraction of sp³-hybridized carbons (Fsp3) is 0.429. The molecule has 2 atom stereocenters. The average molecular weight is 308 g/mol. The van der Waals surface area contributed by atoms with Gasteiger partial charge in [-0.3, -0.25) is 24.6 Å². The lowest BCUT2D eigenvalue weighted by Crippen LogP contribution is -2.53. The zero-order valence-corrected chi connectivity index (χ0v) is 12.7. The Labute approximate surface area is 128 Å². The average Bonchev–Trinajstić information content (AvgIpc) is 2.46. The lowest BCUT2D eigenvalue weighted by atomic mass is 10.0. The van der Waals surface area contributed by atoms with Crippen LogP contribution in [0.4, 0.5) is 11.4 Å². The molecule has 0 fully saturated rings. The normalized spacial score (nSPS) is 13.5. The second-order valence-electron chi connectivity index (χ2n) is 5.33. The molecule has 0 bridgehead atoms. The molecule has 0 aliphatic heterocycles. The van der Waals surface area contributed by atoms with Crippen LogP contribution in [0.25, 0.3) is 0 Å². The van der Waals surface area contributed by atoms with Gasteiger partial charge in [0.1, 0.15) is 6.04 Å². The molecule has 1 aromatic carbocycles. The maximum Gasteiger partial charge on any atom is 0.269 e. The third-order valence-electron chi connectivity index (χ3n) is 3.38. The molecule has 0 spiro atoms. The first-order chi connectivity index (χ1) is 10.2. The van der Waals surface area contributed by atoms with Gasteiger partial charge in [-0.05, 0) is 25.0 Å². The van der Waals surface area contributed by atoms with Crippen molar-refractivity contribution in [3.8, 4) is 0 Å². The van der Waals surface area contributed by atoms with Crippen LogP contribution in [-0.2, 0) is 9.59 Å². The monoisotopic (exact) mass is 308 g/mol. The number of nitrogens with zero attached hydrogens (tertiary/aromatic N) is 2. The van der Waals surface area contributed by atoms with E-state index >= 15 is 0 Å². The van der Waals surface area contributed by atoms with Gasteiger partial charge in [-0.2, -0.15) is 0 Å². The Morgan fingerprint density at radius 2 is 1.68 bits per heavy atom. The summed E-state index contributed by atoms with van der Waals surface area (Å²) in [7, 11) is 0. The van der Waals surface area contributed by atoms with Gasteiger partial charge in [-0.25, -0.2) is 0 Å². The third-order valence-corrected chi connectivity index (χ3v) is 3.38. The second kappa shape index (κ2) is 6.99. The summed E-state index contributed by atoms with van der Waals surface area (Å²) in [5, 5.41) is 10.7. The molecule has 8 heteroatoms. The van der Waals surface area contributed by atoms with Gasteiger partial charge < -0.3 is 11.5 Å². The standard InChI is InChI=1S/C14H20N4O4/c1-8(2)12(15)14(20)17(9(3)13(16)19)10-4-6-11(7-5-10)18(21)22/h4-9,12H,15H2,1-3H3,(H2,16,19)/t9-,12-/m0/s1. The third kappa shape index (κ3) is 3.79. The molecule has 120 valence electrons. The van der Waals surface area contributed by atoms with Crippen LogP contribution in [0.15, 0.2) is 24.3 Å². The van der Waals surface area contributed by atoms with Crippen molar-refractivity contribution < 1.29 is 14.5 Å². The minimum atomic E-state index is -0.918. The van der Waals surface area contributed by atoms with Gasteiger partial charge in [0.15, 0.2) is 0 Å². The number of carbonyl (C=O) groups excluding carboxylic acids is 2. The van der Waals surface area contributed by atoms with Gasteiger partial charge >= 0.3 is 0 Å². The smallest absolute Gasteiger partial charge is 0.269 e. The van der Waals surface area contributed by atoms with E-state index in [9.17, 15) is 19.7 Å². The highest BCUT2D eigenvalue weighted by Crippen LogP contribution is 2.23. The Balaban J connectivity index is 3.23. The molecule has 0 saturated heterocycles. The molecule has 0 aliphatic rings. The summed E-state index contributed by atoms with van der Waals surface area (Å²) in [6.07, 6.45) is 0. The number of amides is 2. The van der Waals surface area contributed by atoms with Crippen LogP contribution in [0.2, 0.25) is 0 Å². The molecule has 0 aromatic heterocycles. The number of nitro benzene ring substituents is 1. The molecule has 0 aliphatic carbocycles. The number of hydrogen-bond acceptors (Lipinski definition) is 5. The molecular formula is C14H20N4O4. The van der Waals surface area contributed by atoms with Crippen molar-refractivity contribution in [3.63, 3.8) is 0 Å². The largest absolute Gasteiger partial charge is 0.368 e. The topological polar surface area (TPSA) is 133 Å². The maximum atomic E-state index is 12.5. The SMILES string of the molecule is CC(C)[C@H](N)C(=O)N(c1ccc([N+](=O)[O-])cc1)[C@@H](C)C(N)=O. The van der Waals surface area contributed by atoms with Crippen LogP contribution in [0.1, 0.15) is 20.8 Å². The van der Waals surface area contributed by atoms with E-state index in [0.29, 0.717) is 5.69 Å². The van der Waals surface area contributed by atoms with Gasteiger partial charge in [0.25, 0.3) is 5.69 Å². The van der Waals surface area contributed by atoms with E-state index in [2.05, 4.69) is 0 Å². The van der Waals surface area contributed by atoms with E-state index in [1.54, 1.807) is 13.8 Å². The van der Waals surface area contributed by atoms with E-state index in [1.807, 2.05) is 0 Å². The molecular weight excluding hydrogens is 288 g/mol. The quantitative estimate of drug-likeness (QED) is 0.592. The Morgan fingerprint density at radius 3 is 2.05 bits per heavy atom. The van der Waals surface area contributed by atoms with Crippen molar-refractivity contribution in [1.29, 1.82) is 0 Å². The molecule has 1 rings (SSSR count). The molecule has 1 aromatic rings. The molecule has 22 heavy (non-hydrogen) atoms. The number of hydrogen-bond donors (Lipinski definition) is 2. The Bertz CT molecular complexity index is 571. The molecule has 4 N–H and O–H groups in total. The Morgan fingerprint density at radius 1 is 1.18 bits per heavy atom. The zero-order valence-electron chi connectivity index (χ0n) is 12.7. The lowest BCUT2D eigenvalue weighted by molar-refractivity contribution is -0.384. The fourth-order valence-corrected chi connectivity index (χ4v) is 1.85. The van der Waals surface area contributed by atoms with Gasteiger partial charge in [0.2, 0.25) is 11.8 Å². The molecule has 0 heterocycles. The summed E-state index contributed by atoms with van der Waals surface area (Å²) in [5.74, 6) is -1.29. The highest BCUT2D eigenvalue weighted by molar-refractivity contribution is 6.02. The summed E-state index contributed by atoms with van der Waals surface area (Å²) in [6.45, 7) is 5.05. The van der Waals surface area contributed by atoms with Gasteiger partial charge in [0, 0.05) is 17.8 Å². The molecule has 8 nitrogen and oxygen atoms in total. The van der Waals surface area contributed by atoms with Gasteiger partial charge in [-0.1, -0.05) is 13.8 Å². The van der Waals surface area contributed by atoms with E-state index in [1.165, 1.54) is 36.1 Å². The van der Waals surface area contributed by atoms with E-state index < -0.39 is 28.8 Å². The van der Waals surface area contributed by atoms with Crippen molar-refractivity contribution >= 4 is 23.2 Å². The molecule has 2 amide bonds. The van der Waals surface area contributed by atoms with E-state index in [0.717, 1.165) is 0 Å². The highest BCUT2D eigenvalue weighted by atomic mass is 16.6. The predicted octanol–water partition coefficient (Wildman–Crippen LogP) is 0.785. The molecule has 0 radical (unpaired) electrons. The van der Waals surface area contributed by atoms with Crippen molar-refractivity contribution in [1.82, 2.24) is 0 Å². The van der Waals surface area contributed by atoms with Crippen LogP contribution in [0.5, 0.6) is 0 Å². The van der Waals surface area contributed by atoms with Gasteiger partial charge in [0.05, 0.1) is 11.0 Å². The van der Waals surface area contributed by atoms with Crippen molar-refractivity contribution in [2.24, 2.45) is 17.4 Å². The minimum Gasteiger partial charge on any atom is -0.368 e. The number of nitro groups is 1. The zero-order chi connectivity index (χ0) is 17.0. The van der Waals surface area contributed by atoms with Crippen LogP contribution >= 0.6 is 0 Å². The number of carbonyl (C=O) groups is 2. The number of rotatable bonds is 6. The first-order valence-corrected chi connectivity index (χ1v) is 6.79. The van der Waals surface area contributed by atoms with Crippen LogP contribution in [-0.4, -0.2) is 28.8 Å². The number of nitrogens with two attached hydrogens (primary N) is 2. The summed E-state index contributed by atoms with van der Waals surface area (Å²) in [4.78, 5) is 35.3. The van der Waals surface area contributed by atoms with Crippen LogP contribution < -0.4 is 16.4 Å².